The van der Waals surface area contributed by atoms with E-state index in [-0.39, 0.29) is 11.9 Å². The Labute approximate surface area is 178 Å². The van der Waals surface area contributed by atoms with Gasteiger partial charge in [0.2, 0.25) is 0 Å². The highest BCUT2D eigenvalue weighted by molar-refractivity contribution is 6.04. The van der Waals surface area contributed by atoms with Gasteiger partial charge in [-0.15, -0.1) is 0 Å². The molecule has 0 radical (unpaired) electrons. The van der Waals surface area contributed by atoms with Crippen molar-refractivity contribution in [2.45, 2.75) is 18.9 Å². The summed E-state index contributed by atoms with van der Waals surface area (Å²) in [5, 5.41) is 13.0. The Morgan fingerprint density at radius 1 is 1.19 bits per heavy atom. The average Bonchev–Trinajstić information content (AvgIpc) is 3.21. The van der Waals surface area contributed by atoms with Crippen LogP contribution in [0.2, 0.25) is 0 Å². The zero-order valence-electron chi connectivity index (χ0n) is 16.9. The molecular weight excluding hydrogens is 394 g/mol. The number of nitrogens with one attached hydrogen (secondary N) is 3. The van der Waals surface area contributed by atoms with Crippen LogP contribution in [0.5, 0.6) is 0 Å². The topological polar surface area (TPSA) is 118 Å². The lowest BCUT2D eigenvalue weighted by molar-refractivity contribution is 0.00826. The quantitative estimate of drug-likeness (QED) is 0.442. The molecule has 4 aromatic rings. The van der Waals surface area contributed by atoms with E-state index < -0.39 is 0 Å². The van der Waals surface area contributed by atoms with Crippen LogP contribution in [0.3, 0.4) is 0 Å². The molecule has 1 saturated heterocycles. The number of rotatable bonds is 6. The number of pyridine rings is 1. The van der Waals surface area contributed by atoms with Crippen LogP contribution in [-0.4, -0.2) is 44.3 Å². The van der Waals surface area contributed by atoms with Gasteiger partial charge in [0.15, 0.2) is 5.65 Å². The number of carbonyl (C=O) groups excluding carboxylic acids is 1. The highest BCUT2D eigenvalue weighted by Crippen LogP contribution is 2.25. The lowest BCUT2D eigenvalue weighted by Crippen LogP contribution is -2.25. The van der Waals surface area contributed by atoms with Crippen molar-refractivity contribution >= 4 is 28.6 Å². The molecule has 9 heteroatoms. The summed E-state index contributed by atoms with van der Waals surface area (Å²) in [7, 11) is 0. The summed E-state index contributed by atoms with van der Waals surface area (Å²) in [6.07, 6.45) is 6.68. The molecule has 1 atom stereocenters. The Hall–Kier alpha value is -3.85. The molecule has 3 aromatic heterocycles. The second-order valence-corrected chi connectivity index (χ2v) is 7.55. The standard InChI is InChI=1S/C22H21N7O2/c1-13(26-20-10-24-19-9-25-29-21(19)28-20)14-3-2-4-18(6-14)27-22(30)16-5-15(7-23-8-16)17-11-31-12-17/h2-10,13,17H,11-12H2,1H3,(H,27,30)(H2,25,26,28,29)/t13-/m0/s1. The van der Waals surface area contributed by atoms with Crippen molar-refractivity contribution in [3.63, 3.8) is 0 Å². The van der Waals surface area contributed by atoms with Crippen molar-refractivity contribution in [1.82, 2.24) is 25.1 Å². The number of carbonyl (C=O) groups is 1. The minimum atomic E-state index is -0.192. The summed E-state index contributed by atoms with van der Waals surface area (Å²) in [5.74, 6) is 0.768. The first-order valence-electron chi connectivity index (χ1n) is 10.0. The van der Waals surface area contributed by atoms with E-state index in [2.05, 4.69) is 35.8 Å². The normalized spacial score (nSPS) is 14.7. The molecule has 0 saturated carbocycles. The molecule has 0 aliphatic carbocycles. The Morgan fingerprint density at radius 2 is 2.10 bits per heavy atom. The number of hydrogen-bond donors (Lipinski definition) is 3. The summed E-state index contributed by atoms with van der Waals surface area (Å²) in [6, 6.07) is 9.54. The second kappa shape index (κ2) is 8.11. The number of aromatic amines is 1. The van der Waals surface area contributed by atoms with Crippen LogP contribution in [0.4, 0.5) is 11.5 Å². The van der Waals surface area contributed by atoms with Crippen molar-refractivity contribution in [3.05, 3.63) is 71.8 Å². The fourth-order valence-electron chi connectivity index (χ4n) is 3.43. The number of H-pyrrole nitrogens is 1. The van der Waals surface area contributed by atoms with Gasteiger partial charge in [-0.25, -0.2) is 9.97 Å². The molecule has 1 aromatic carbocycles. The van der Waals surface area contributed by atoms with Crippen LogP contribution in [0, 0.1) is 0 Å². The molecule has 1 amide bonds. The second-order valence-electron chi connectivity index (χ2n) is 7.55. The van der Waals surface area contributed by atoms with Crippen LogP contribution >= 0.6 is 0 Å². The number of nitrogens with zero attached hydrogens (tertiary/aromatic N) is 4. The predicted molar refractivity (Wildman–Crippen MR) is 116 cm³/mol. The Balaban J connectivity index is 1.28. The van der Waals surface area contributed by atoms with Gasteiger partial charge in [0.25, 0.3) is 5.91 Å². The molecule has 1 aliphatic rings. The van der Waals surface area contributed by atoms with E-state index in [4.69, 9.17) is 4.74 Å². The molecule has 5 rings (SSSR count). The van der Waals surface area contributed by atoms with Gasteiger partial charge in [0, 0.05) is 24.0 Å². The van der Waals surface area contributed by atoms with E-state index in [9.17, 15) is 4.79 Å². The Kier molecular flexibility index (Phi) is 5.01. The number of fused-ring (bicyclic) bond motifs is 1. The van der Waals surface area contributed by atoms with Gasteiger partial charge in [-0.2, -0.15) is 5.10 Å². The molecule has 31 heavy (non-hydrogen) atoms. The number of aromatic nitrogens is 5. The molecule has 156 valence electrons. The van der Waals surface area contributed by atoms with E-state index in [0.29, 0.717) is 47.4 Å². The van der Waals surface area contributed by atoms with E-state index in [0.717, 1.165) is 11.1 Å². The van der Waals surface area contributed by atoms with Gasteiger partial charge in [-0.1, -0.05) is 12.1 Å². The fraction of sp³-hybridized carbons (Fsp3) is 0.227. The number of hydrogen-bond acceptors (Lipinski definition) is 7. The van der Waals surface area contributed by atoms with Crippen LogP contribution in [0.25, 0.3) is 11.2 Å². The fourth-order valence-corrected chi connectivity index (χ4v) is 3.43. The maximum atomic E-state index is 12.7. The van der Waals surface area contributed by atoms with Gasteiger partial charge < -0.3 is 15.4 Å². The summed E-state index contributed by atoms with van der Waals surface area (Å²) >= 11 is 0. The van der Waals surface area contributed by atoms with E-state index in [1.54, 1.807) is 24.8 Å². The predicted octanol–water partition coefficient (Wildman–Crippen LogP) is 3.29. The SMILES string of the molecule is C[C@H](Nc1cnc2cn[nH]c2n1)c1cccc(NC(=O)c2cncc(C3COC3)c2)c1. The third-order valence-electron chi connectivity index (χ3n) is 5.30. The van der Waals surface area contributed by atoms with Crippen LogP contribution in [-0.2, 0) is 4.74 Å². The number of benzene rings is 1. The molecule has 4 heterocycles. The summed E-state index contributed by atoms with van der Waals surface area (Å²) in [4.78, 5) is 25.7. The smallest absolute Gasteiger partial charge is 0.257 e. The van der Waals surface area contributed by atoms with Gasteiger partial charge in [0.05, 0.1) is 37.2 Å². The summed E-state index contributed by atoms with van der Waals surface area (Å²) in [6.45, 7) is 3.38. The van der Waals surface area contributed by atoms with E-state index in [1.807, 2.05) is 37.3 Å². The third-order valence-corrected chi connectivity index (χ3v) is 5.30. The largest absolute Gasteiger partial charge is 0.380 e. The molecule has 0 spiro atoms. The first-order chi connectivity index (χ1) is 15.2. The number of anilines is 2. The summed E-state index contributed by atoms with van der Waals surface area (Å²) in [5.41, 5.74) is 4.62. The number of amides is 1. The van der Waals surface area contributed by atoms with Gasteiger partial charge in [0.1, 0.15) is 11.3 Å². The van der Waals surface area contributed by atoms with Crippen LogP contribution in [0.1, 0.15) is 40.4 Å². The molecule has 0 bridgehead atoms. The van der Waals surface area contributed by atoms with Crippen molar-refractivity contribution in [1.29, 1.82) is 0 Å². The monoisotopic (exact) mass is 415 g/mol. The zero-order chi connectivity index (χ0) is 21.2. The first kappa shape index (κ1) is 19.1. The van der Waals surface area contributed by atoms with Gasteiger partial charge in [-0.3, -0.25) is 14.9 Å². The van der Waals surface area contributed by atoms with Crippen molar-refractivity contribution < 1.29 is 9.53 Å². The molecule has 0 unspecified atom stereocenters. The lowest BCUT2D eigenvalue weighted by Gasteiger charge is -2.26. The van der Waals surface area contributed by atoms with E-state index >= 15 is 0 Å². The average molecular weight is 415 g/mol. The zero-order valence-corrected chi connectivity index (χ0v) is 16.9. The summed E-state index contributed by atoms with van der Waals surface area (Å²) < 4.78 is 5.23. The molecule has 1 fully saturated rings. The molecular formula is C22H21N7O2. The highest BCUT2D eigenvalue weighted by Gasteiger charge is 2.22. The maximum Gasteiger partial charge on any atom is 0.257 e. The molecule has 1 aliphatic heterocycles. The van der Waals surface area contributed by atoms with E-state index in [1.165, 1.54) is 0 Å². The van der Waals surface area contributed by atoms with Crippen molar-refractivity contribution in [2.75, 3.05) is 23.8 Å². The highest BCUT2D eigenvalue weighted by atomic mass is 16.5. The van der Waals surface area contributed by atoms with Crippen molar-refractivity contribution in [2.24, 2.45) is 0 Å². The lowest BCUT2D eigenvalue weighted by atomic mass is 9.98. The van der Waals surface area contributed by atoms with Gasteiger partial charge in [-0.05, 0) is 36.2 Å². The molecule has 3 N–H and O–H groups in total. The van der Waals surface area contributed by atoms with Gasteiger partial charge >= 0.3 is 0 Å². The minimum Gasteiger partial charge on any atom is -0.380 e. The maximum absolute atomic E-state index is 12.7. The molecule has 9 nitrogen and oxygen atoms in total. The minimum absolute atomic E-state index is 0.0462. The first-order valence-corrected chi connectivity index (χ1v) is 10.0. The van der Waals surface area contributed by atoms with Crippen LogP contribution < -0.4 is 10.6 Å². The van der Waals surface area contributed by atoms with Crippen molar-refractivity contribution in [3.8, 4) is 0 Å². The Morgan fingerprint density at radius 3 is 2.94 bits per heavy atom. The number of ether oxygens (including phenoxy) is 1. The Bertz CT molecular complexity index is 1240. The van der Waals surface area contributed by atoms with Crippen LogP contribution in [0.15, 0.2) is 55.1 Å². The third kappa shape index (κ3) is 4.08.